The molecule has 1 radical (unpaired) electrons. The Balaban J connectivity index is 0. The molecule has 0 aliphatic carbocycles. The van der Waals surface area contributed by atoms with Crippen molar-refractivity contribution in [1.29, 1.82) is 0 Å². The minimum atomic E-state index is -1.97. The Morgan fingerprint density at radius 2 is 2.00 bits per heavy atom. The van der Waals surface area contributed by atoms with Gasteiger partial charge in [0.25, 0.3) is 0 Å². The minimum Gasteiger partial charge on any atom is -0.292 e. The third kappa shape index (κ3) is 10.4. The Hall–Kier alpha value is 1.39. The van der Waals surface area contributed by atoms with E-state index in [0.717, 1.165) is 0 Å². The first-order chi connectivity index (χ1) is 3.13. The standard InChI is InChI=1S/C2H7O3P2.Y/c1-6(3)5-7(2)4;/h6H,1-2H3;/q+1;. The van der Waals surface area contributed by atoms with Gasteiger partial charge in [-0.25, -0.2) is 0 Å². The van der Waals surface area contributed by atoms with Gasteiger partial charge in [-0.2, -0.15) is 0 Å². The van der Waals surface area contributed by atoms with Crippen molar-refractivity contribution >= 4 is 16.1 Å². The van der Waals surface area contributed by atoms with Gasteiger partial charge in [-0.3, -0.25) is 4.57 Å². The predicted octanol–water partition coefficient (Wildman–Crippen LogP) is 1.48. The summed E-state index contributed by atoms with van der Waals surface area (Å²) in [6, 6.07) is 0. The van der Waals surface area contributed by atoms with Crippen LogP contribution < -0.4 is 0 Å². The molecule has 2 unspecified atom stereocenters. The van der Waals surface area contributed by atoms with E-state index in [0.29, 0.717) is 0 Å². The summed E-state index contributed by atoms with van der Waals surface area (Å²) < 4.78 is 24.3. The Morgan fingerprint density at radius 1 is 1.62 bits per heavy atom. The maximum atomic E-state index is 10.0. The summed E-state index contributed by atoms with van der Waals surface area (Å²) in [5.41, 5.74) is 0. The number of hydrogen-bond acceptors (Lipinski definition) is 3. The third-order valence-corrected chi connectivity index (χ3v) is 2.31. The van der Waals surface area contributed by atoms with E-state index < -0.39 is 16.1 Å². The van der Waals surface area contributed by atoms with Gasteiger partial charge in [0.1, 0.15) is 0 Å². The van der Waals surface area contributed by atoms with Crippen molar-refractivity contribution in [3.63, 3.8) is 0 Å². The van der Waals surface area contributed by atoms with Crippen LogP contribution in [0, 0.1) is 0 Å². The van der Waals surface area contributed by atoms with Crippen LogP contribution >= 0.6 is 16.1 Å². The van der Waals surface area contributed by atoms with Gasteiger partial charge in [0.05, 0.1) is 0 Å². The van der Waals surface area contributed by atoms with E-state index in [1.165, 1.54) is 13.3 Å². The van der Waals surface area contributed by atoms with E-state index in [-0.39, 0.29) is 32.7 Å². The average molecular weight is 230 g/mol. The molecule has 0 amide bonds. The second-order valence-corrected chi connectivity index (χ2v) is 3.62. The second kappa shape index (κ2) is 6.51. The van der Waals surface area contributed by atoms with Gasteiger partial charge in [0.15, 0.2) is 6.66 Å². The molecule has 0 aromatic heterocycles. The van der Waals surface area contributed by atoms with Crippen molar-refractivity contribution < 1.29 is 46.1 Å². The van der Waals surface area contributed by atoms with Gasteiger partial charge in [-0.15, -0.1) is 0 Å². The fraction of sp³-hybridized carbons (Fsp3) is 1.00. The predicted molar refractivity (Wildman–Crippen MR) is 29.5 cm³/mol. The Kier molecular flexibility index (Phi) is 9.86. The molecule has 0 aliphatic heterocycles. The zero-order chi connectivity index (χ0) is 5.86. The van der Waals surface area contributed by atoms with Crippen molar-refractivity contribution in [3.05, 3.63) is 0 Å². The fourth-order valence-corrected chi connectivity index (χ4v) is 1.63. The summed E-state index contributed by atoms with van der Waals surface area (Å²) in [4.78, 5) is 0. The summed E-state index contributed by atoms with van der Waals surface area (Å²) in [5.74, 6) is 0. The van der Waals surface area contributed by atoms with E-state index in [9.17, 15) is 9.13 Å². The van der Waals surface area contributed by atoms with E-state index in [1.807, 2.05) is 0 Å². The molecule has 8 heavy (non-hydrogen) atoms. The summed E-state index contributed by atoms with van der Waals surface area (Å²) in [6.45, 7) is 2.78. The van der Waals surface area contributed by atoms with E-state index in [1.54, 1.807) is 0 Å². The summed E-state index contributed by atoms with van der Waals surface area (Å²) in [7, 11) is -3.62. The Labute approximate surface area is 75.2 Å². The van der Waals surface area contributed by atoms with Crippen molar-refractivity contribution in [2.45, 2.75) is 0 Å². The van der Waals surface area contributed by atoms with Crippen LogP contribution in [-0.4, -0.2) is 13.3 Å². The first-order valence-corrected chi connectivity index (χ1v) is 5.16. The van der Waals surface area contributed by atoms with Gasteiger partial charge >= 0.3 is 8.03 Å². The van der Waals surface area contributed by atoms with Gasteiger partial charge in [0.2, 0.25) is 8.03 Å². The molecule has 0 spiro atoms. The van der Waals surface area contributed by atoms with Crippen molar-refractivity contribution in [2.75, 3.05) is 13.3 Å². The molecule has 0 aromatic carbocycles. The van der Waals surface area contributed by atoms with Crippen LogP contribution in [0.5, 0.6) is 0 Å². The quantitative estimate of drug-likeness (QED) is 0.674. The first-order valence-electron chi connectivity index (χ1n) is 1.72. The molecule has 2 atom stereocenters. The average Bonchev–Trinajstić information content (AvgIpc) is 1.27. The zero-order valence-corrected chi connectivity index (χ0v) is 9.48. The van der Waals surface area contributed by atoms with Gasteiger partial charge in [-0.1, -0.05) is 4.31 Å². The molecule has 6 heteroatoms. The van der Waals surface area contributed by atoms with Crippen molar-refractivity contribution in [3.8, 4) is 0 Å². The monoisotopic (exact) mass is 230 g/mol. The van der Waals surface area contributed by atoms with Gasteiger partial charge < -0.3 is 0 Å². The second-order valence-electron chi connectivity index (χ2n) is 1.02. The molecule has 0 aliphatic rings. The molecule has 3 nitrogen and oxygen atoms in total. The van der Waals surface area contributed by atoms with Crippen LogP contribution in [-0.2, 0) is 46.1 Å². The molecule has 45 valence electrons. The topological polar surface area (TPSA) is 43.4 Å². The molecule has 0 fully saturated rings. The molecule has 0 aromatic rings. The summed E-state index contributed by atoms with van der Waals surface area (Å²) >= 11 is 0. The van der Waals surface area contributed by atoms with Crippen LogP contribution in [0.15, 0.2) is 0 Å². The molecular weight excluding hydrogens is 223 g/mol. The van der Waals surface area contributed by atoms with Gasteiger partial charge in [0, 0.05) is 39.4 Å². The van der Waals surface area contributed by atoms with E-state index in [4.69, 9.17) is 0 Å². The molecule has 0 N–H and O–H groups in total. The normalized spacial score (nSPS) is 14.0. The van der Waals surface area contributed by atoms with E-state index >= 15 is 0 Å². The molecule has 0 heterocycles. The largest absolute Gasteiger partial charge is 0.510 e. The minimum absolute atomic E-state index is 0. The smallest absolute Gasteiger partial charge is 0.292 e. The maximum Gasteiger partial charge on any atom is 0.510 e. The third-order valence-electron chi connectivity index (χ3n) is 0.257. The van der Waals surface area contributed by atoms with Crippen molar-refractivity contribution in [1.82, 2.24) is 0 Å². The SMILES string of the molecule is C[P+](=O)O[PH](C)=O.[Y]. The molecule has 0 saturated carbocycles. The molecule has 0 bridgehead atoms. The Morgan fingerprint density at radius 3 is 2.00 bits per heavy atom. The summed E-state index contributed by atoms with van der Waals surface area (Å²) in [6.07, 6.45) is 0. The molecule has 0 saturated heterocycles. The van der Waals surface area contributed by atoms with Crippen LogP contribution in [0.2, 0.25) is 0 Å². The number of rotatable bonds is 2. The van der Waals surface area contributed by atoms with Crippen LogP contribution in [0.1, 0.15) is 0 Å². The fourth-order valence-electron chi connectivity index (χ4n) is 0.181. The molecule has 0 rings (SSSR count). The van der Waals surface area contributed by atoms with Crippen LogP contribution in [0.25, 0.3) is 0 Å². The Bertz CT molecular complexity index is 91.5. The van der Waals surface area contributed by atoms with Crippen LogP contribution in [0.3, 0.4) is 0 Å². The van der Waals surface area contributed by atoms with E-state index in [2.05, 4.69) is 4.31 Å². The first kappa shape index (κ1) is 12.1. The maximum absolute atomic E-state index is 10.0. The number of hydrogen-bond donors (Lipinski definition) is 0. The van der Waals surface area contributed by atoms with Crippen molar-refractivity contribution in [2.24, 2.45) is 0 Å². The molecular formula is C2H7O3P2Y+. The summed E-state index contributed by atoms with van der Waals surface area (Å²) in [5, 5.41) is 0. The zero-order valence-electron chi connectivity index (χ0n) is 4.75. The van der Waals surface area contributed by atoms with Gasteiger partial charge in [-0.05, 0) is 4.57 Å². The van der Waals surface area contributed by atoms with Crippen LogP contribution in [0.4, 0.5) is 0 Å².